The fourth-order valence-electron chi connectivity index (χ4n) is 2.71. The van der Waals surface area contributed by atoms with Crippen LogP contribution in [0.15, 0.2) is 27.3 Å². The van der Waals surface area contributed by atoms with Crippen LogP contribution in [0.25, 0.3) is 0 Å². The Labute approximate surface area is 126 Å². The third-order valence-corrected chi connectivity index (χ3v) is 4.13. The number of nitrogen functional groups attached to an aromatic ring is 1. The Morgan fingerprint density at radius 2 is 2.35 bits per heavy atom. The summed E-state index contributed by atoms with van der Waals surface area (Å²) in [5.74, 6) is 1.53. The van der Waals surface area contributed by atoms with Crippen molar-refractivity contribution in [2.45, 2.75) is 32.4 Å². The standard InChI is InChI=1S/C14H17BrN4O/c1-9-7-12(20-18-9)11-3-2-6-19(11)8-10-4-5-13(15)17-14(10)16/h4-5,7,11H,2-3,6,8H2,1H3,(H2,16,17). The Morgan fingerprint density at radius 1 is 1.50 bits per heavy atom. The van der Waals surface area contributed by atoms with Gasteiger partial charge in [0.25, 0.3) is 0 Å². The predicted molar refractivity (Wildman–Crippen MR) is 80.0 cm³/mol. The summed E-state index contributed by atoms with van der Waals surface area (Å²) < 4.78 is 6.19. The van der Waals surface area contributed by atoms with Gasteiger partial charge >= 0.3 is 0 Å². The van der Waals surface area contributed by atoms with Crippen molar-refractivity contribution in [3.05, 3.63) is 39.8 Å². The van der Waals surface area contributed by atoms with Crippen LogP contribution in [-0.4, -0.2) is 21.6 Å². The third-order valence-electron chi connectivity index (χ3n) is 3.69. The Morgan fingerprint density at radius 3 is 3.05 bits per heavy atom. The Bertz CT molecular complexity index is 613. The second-order valence-electron chi connectivity index (χ2n) is 5.18. The molecule has 0 aliphatic carbocycles. The molecule has 2 aromatic rings. The number of hydrogen-bond acceptors (Lipinski definition) is 5. The van der Waals surface area contributed by atoms with Gasteiger partial charge in [-0.3, -0.25) is 4.90 Å². The minimum atomic E-state index is 0.291. The number of rotatable bonds is 3. The molecule has 1 atom stereocenters. The molecule has 5 nitrogen and oxygen atoms in total. The van der Waals surface area contributed by atoms with Gasteiger partial charge < -0.3 is 10.3 Å². The zero-order valence-electron chi connectivity index (χ0n) is 11.3. The Kier molecular flexibility index (Phi) is 3.76. The Balaban J connectivity index is 1.79. The summed E-state index contributed by atoms with van der Waals surface area (Å²) >= 11 is 3.33. The average Bonchev–Trinajstić information content (AvgIpc) is 3.01. The monoisotopic (exact) mass is 336 g/mol. The van der Waals surface area contributed by atoms with Crippen molar-refractivity contribution in [2.24, 2.45) is 0 Å². The number of likely N-dealkylation sites (tertiary alicyclic amines) is 1. The second kappa shape index (κ2) is 5.54. The number of pyridine rings is 1. The van der Waals surface area contributed by atoms with E-state index in [1.807, 2.05) is 25.1 Å². The largest absolute Gasteiger partial charge is 0.383 e. The molecular weight excluding hydrogens is 320 g/mol. The number of hydrogen-bond donors (Lipinski definition) is 1. The maximum absolute atomic E-state index is 5.98. The van der Waals surface area contributed by atoms with E-state index in [2.05, 4.69) is 31.0 Å². The summed E-state index contributed by atoms with van der Waals surface area (Å²) in [4.78, 5) is 6.63. The van der Waals surface area contributed by atoms with E-state index < -0.39 is 0 Å². The molecule has 0 radical (unpaired) electrons. The lowest BCUT2D eigenvalue weighted by atomic mass is 10.1. The summed E-state index contributed by atoms with van der Waals surface area (Å²) in [5.41, 5.74) is 7.96. The van der Waals surface area contributed by atoms with Crippen molar-refractivity contribution >= 4 is 21.7 Å². The van der Waals surface area contributed by atoms with E-state index in [9.17, 15) is 0 Å². The van der Waals surface area contributed by atoms with Gasteiger partial charge in [-0.05, 0) is 48.3 Å². The molecule has 0 saturated carbocycles. The van der Waals surface area contributed by atoms with Crippen LogP contribution in [0.5, 0.6) is 0 Å². The third kappa shape index (κ3) is 2.71. The highest BCUT2D eigenvalue weighted by Gasteiger charge is 2.29. The lowest BCUT2D eigenvalue weighted by Gasteiger charge is -2.22. The van der Waals surface area contributed by atoms with Gasteiger partial charge in [0, 0.05) is 18.2 Å². The van der Waals surface area contributed by atoms with Gasteiger partial charge in [0.1, 0.15) is 10.4 Å². The smallest absolute Gasteiger partial charge is 0.154 e. The van der Waals surface area contributed by atoms with Crippen LogP contribution in [-0.2, 0) is 6.54 Å². The first-order valence-corrected chi connectivity index (χ1v) is 7.51. The SMILES string of the molecule is Cc1cc(C2CCCN2Cc2ccc(Br)nc2N)on1. The highest BCUT2D eigenvalue weighted by atomic mass is 79.9. The van der Waals surface area contributed by atoms with Gasteiger partial charge in [-0.15, -0.1) is 0 Å². The van der Waals surface area contributed by atoms with Gasteiger partial charge in [-0.1, -0.05) is 11.2 Å². The molecule has 1 aliphatic rings. The lowest BCUT2D eigenvalue weighted by molar-refractivity contribution is 0.206. The van der Waals surface area contributed by atoms with E-state index in [-0.39, 0.29) is 0 Å². The number of halogens is 1. The molecule has 20 heavy (non-hydrogen) atoms. The van der Waals surface area contributed by atoms with Crippen LogP contribution in [0.1, 0.15) is 35.9 Å². The number of anilines is 1. The second-order valence-corrected chi connectivity index (χ2v) is 5.99. The number of aryl methyl sites for hydroxylation is 1. The van der Waals surface area contributed by atoms with Crippen LogP contribution in [0.3, 0.4) is 0 Å². The first kappa shape index (κ1) is 13.6. The van der Waals surface area contributed by atoms with Crippen LogP contribution >= 0.6 is 15.9 Å². The van der Waals surface area contributed by atoms with Crippen molar-refractivity contribution in [1.82, 2.24) is 15.0 Å². The summed E-state index contributed by atoms with van der Waals surface area (Å²) in [5, 5.41) is 3.99. The van der Waals surface area contributed by atoms with Crippen LogP contribution in [0, 0.1) is 6.92 Å². The maximum Gasteiger partial charge on any atom is 0.154 e. The normalized spacial score (nSPS) is 19.6. The molecule has 0 amide bonds. The molecule has 0 spiro atoms. The van der Waals surface area contributed by atoms with Gasteiger partial charge in [0.2, 0.25) is 0 Å². The molecule has 0 aromatic carbocycles. The minimum absolute atomic E-state index is 0.291. The predicted octanol–water partition coefficient (Wildman–Crippen LogP) is 3.06. The maximum atomic E-state index is 5.98. The summed E-state index contributed by atoms with van der Waals surface area (Å²) in [6.45, 7) is 3.78. The molecule has 1 fully saturated rings. The fourth-order valence-corrected chi connectivity index (χ4v) is 3.03. The zero-order chi connectivity index (χ0) is 14.1. The van der Waals surface area contributed by atoms with E-state index in [4.69, 9.17) is 10.3 Å². The molecule has 3 rings (SSSR count). The number of nitrogens with zero attached hydrogens (tertiary/aromatic N) is 3. The van der Waals surface area contributed by atoms with Gasteiger partial charge in [-0.2, -0.15) is 0 Å². The molecule has 1 saturated heterocycles. The van der Waals surface area contributed by atoms with E-state index in [0.717, 1.165) is 47.6 Å². The average molecular weight is 337 g/mol. The number of aromatic nitrogens is 2. The molecule has 3 heterocycles. The lowest BCUT2D eigenvalue weighted by Crippen LogP contribution is -2.23. The molecule has 2 aromatic heterocycles. The van der Waals surface area contributed by atoms with Crippen molar-refractivity contribution in [3.8, 4) is 0 Å². The highest BCUT2D eigenvalue weighted by molar-refractivity contribution is 9.10. The van der Waals surface area contributed by atoms with Crippen LogP contribution in [0.2, 0.25) is 0 Å². The zero-order valence-corrected chi connectivity index (χ0v) is 12.9. The van der Waals surface area contributed by atoms with E-state index >= 15 is 0 Å². The fraction of sp³-hybridized carbons (Fsp3) is 0.429. The Hall–Kier alpha value is -1.40. The summed E-state index contributed by atoms with van der Waals surface area (Å²) in [6, 6.07) is 6.26. The van der Waals surface area contributed by atoms with Crippen molar-refractivity contribution in [2.75, 3.05) is 12.3 Å². The first-order valence-electron chi connectivity index (χ1n) is 6.71. The summed E-state index contributed by atoms with van der Waals surface area (Å²) in [7, 11) is 0. The van der Waals surface area contributed by atoms with E-state index in [1.54, 1.807) is 0 Å². The first-order chi connectivity index (χ1) is 9.63. The van der Waals surface area contributed by atoms with E-state index in [0.29, 0.717) is 11.9 Å². The molecule has 0 bridgehead atoms. The highest BCUT2D eigenvalue weighted by Crippen LogP contribution is 2.34. The van der Waals surface area contributed by atoms with Crippen molar-refractivity contribution < 1.29 is 4.52 Å². The topological polar surface area (TPSA) is 68.2 Å². The van der Waals surface area contributed by atoms with Gasteiger partial charge in [-0.25, -0.2) is 4.98 Å². The van der Waals surface area contributed by atoms with Gasteiger partial charge in [0.15, 0.2) is 5.76 Å². The van der Waals surface area contributed by atoms with E-state index in [1.165, 1.54) is 0 Å². The molecule has 1 unspecified atom stereocenters. The number of nitrogens with two attached hydrogens (primary N) is 1. The summed E-state index contributed by atoms with van der Waals surface area (Å²) in [6.07, 6.45) is 2.26. The minimum Gasteiger partial charge on any atom is -0.383 e. The van der Waals surface area contributed by atoms with Crippen LogP contribution in [0.4, 0.5) is 5.82 Å². The molecule has 1 aliphatic heterocycles. The molecule has 6 heteroatoms. The van der Waals surface area contributed by atoms with Crippen molar-refractivity contribution in [1.29, 1.82) is 0 Å². The van der Waals surface area contributed by atoms with Crippen molar-refractivity contribution in [3.63, 3.8) is 0 Å². The molecule has 2 N–H and O–H groups in total. The molecule has 106 valence electrons. The molecular formula is C14H17BrN4O. The quantitative estimate of drug-likeness (QED) is 0.872. The van der Waals surface area contributed by atoms with Crippen LogP contribution < -0.4 is 5.73 Å². The van der Waals surface area contributed by atoms with Gasteiger partial charge in [0.05, 0.1) is 11.7 Å².